The average molecular weight is 146 g/mol. The van der Waals surface area contributed by atoms with Crippen LogP contribution < -0.4 is 0 Å². The Bertz CT molecular complexity index is 103. The quantitative estimate of drug-likeness (QED) is 0.510. The van der Waals surface area contributed by atoms with E-state index in [9.17, 15) is 5.11 Å². The van der Waals surface area contributed by atoms with Gasteiger partial charge in [0.2, 0.25) is 0 Å². The summed E-state index contributed by atoms with van der Waals surface area (Å²) >= 11 is 0. The molecule has 1 rings (SSSR count). The van der Waals surface area contributed by atoms with Gasteiger partial charge in [0.05, 0.1) is 6.10 Å². The molecule has 1 aliphatic rings. The second-order valence-corrected chi connectivity index (χ2v) is 3.04. The van der Waals surface area contributed by atoms with Crippen LogP contribution >= 0.6 is 0 Å². The van der Waals surface area contributed by atoms with Gasteiger partial charge in [-0.25, -0.2) is 0 Å². The van der Waals surface area contributed by atoms with Crippen LogP contribution in [0.2, 0.25) is 0 Å². The molecule has 0 saturated carbocycles. The molecule has 2 unspecified atom stereocenters. The van der Waals surface area contributed by atoms with Crippen LogP contribution in [0.3, 0.4) is 0 Å². The molecule has 0 aromatic rings. The Hall–Kier alpha value is -0.120. The number of hydrogen-bond acceptors (Lipinski definition) is 3. The highest BCUT2D eigenvalue weighted by Crippen LogP contribution is 2.23. The lowest BCUT2D eigenvalue weighted by Gasteiger charge is -2.33. The van der Waals surface area contributed by atoms with E-state index in [4.69, 9.17) is 9.84 Å². The summed E-state index contributed by atoms with van der Waals surface area (Å²) in [6.07, 6.45) is -0.818. The molecule has 3 heteroatoms. The lowest BCUT2D eigenvalue weighted by molar-refractivity contribution is -0.227. The van der Waals surface area contributed by atoms with E-state index in [0.717, 1.165) is 6.42 Å². The Morgan fingerprint density at radius 3 is 2.40 bits per heavy atom. The van der Waals surface area contributed by atoms with Crippen LogP contribution in [0.5, 0.6) is 0 Å². The summed E-state index contributed by atoms with van der Waals surface area (Å²) in [6, 6.07) is 0. The van der Waals surface area contributed by atoms with Crippen molar-refractivity contribution in [1.29, 1.82) is 0 Å². The van der Waals surface area contributed by atoms with Gasteiger partial charge in [-0.05, 0) is 19.3 Å². The van der Waals surface area contributed by atoms with Crippen LogP contribution in [0.15, 0.2) is 0 Å². The summed E-state index contributed by atoms with van der Waals surface area (Å²) in [6.45, 7) is 3.80. The van der Waals surface area contributed by atoms with Crippen molar-refractivity contribution in [1.82, 2.24) is 0 Å². The third kappa shape index (κ3) is 1.48. The first-order chi connectivity index (χ1) is 4.61. The highest BCUT2D eigenvalue weighted by atomic mass is 16.6. The number of rotatable bonds is 0. The van der Waals surface area contributed by atoms with Crippen LogP contribution in [0.1, 0.15) is 20.3 Å². The van der Waals surface area contributed by atoms with Gasteiger partial charge in [-0.1, -0.05) is 6.92 Å². The van der Waals surface area contributed by atoms with E-state index in [2.05, 4.69) is 0 Å². The number of hydrogen-bond donors (Lipinski definition) is 2. The lowest BCUT2D eigenvalue weighted by Crippen LogP contribution is -2.42. The van der Waals surface area contributed by atoms with Crippen molar-refractivity contribution in [3.63, 3.8) is 0 Å². The van der Waals surface area contributed by atoms with Crippen LogP contribution in [-0.4, -0.2) is 28.7 Å². The summed E-state index contributed by atoms with van der Waals surface area (Å²) in [5.74, 6) is 0.138. The van der Waals surface area contributed by atoms with Crippen molar-refractivity contribution in [2.24, 2.45) is 5.92 Å². The highest BCUT2D eigenvalue weighted by Gasteiger charge is 2.31. The molecule has 10 heavy (non-hydrogen) atoms. The van der Waals surface area contributed by atoms with Crippen molar-refractivity contribution in [2.45, 2.75) is 38.8 Å². The molecule has 0 bridgehead atoms. The Labute approximate surface area is 60.6 Å². The lowest BCUT2D eigenvalue weighted by atomic mass is 9.95. The van der Waals surface area contributed by atoms with Gasteiger partial charge in [-0.3, -0.25) is 0 Å². The van der Waals surface area contributed by atoms with E-state index >= 15 is 0 Å². The molecule has 3 nitrogen and oxygen atoms in total. The van der Waals surface area contributed by atoms with Crippen LogP contribution in [0.4, 0.5) is 0 Å². The van der Waals surface area contributed by atoms with Gasteiger partial charge >= 0.3 is 0 Å². The van der Waals surface area contributed by atoms with Crippen LogP contribution in [-0.2, 0) is 4.74 Å². The third-order valence-electron chi connectivity index (χ3n) is 1.95. The first kappa shape index (κ1) is 7.98. The van der Waals surface area contributed by atoms with Gasteiger partial charge in [0.1, 0.15) is 6.10 Å². The maximum absolute atomic E-state index is 9.19. The Kier molecular flexibility index (Phi) is 2.28. The molecule has 2 N–H and O–H groups in total. The smallest absolute Gasteiger partial charge is 0.181 e. The molecule has 4 atom stereocenters. The van der Waals surface area contributed by atoms with E-state index in [-0.39, 0.29) is 12.0 Å². The van der Waals surface area contributed by atoms with Gasteiger partial charge in [0.25, 0.3) is 0 Å². The monoisotopic (exact) mass is 146 g/mol. The van der Waals surface area contributed by atoms with Crippen molar-refractivity contribution in [3.05, 3.63) is 0 Å². The second kappa shape index (κ2) is 2.86. The van der Waals surface area contributed by atoms with Crippen LogP contribution in [0, 0.1) is 5.92 Å². The summed E-state index contributed by atoms with van der Waals surface area (Å²) in [7, 11) is 0. The van der Waals surface area contributed by atoms with Crippen LogP contribution in [0.25, 0.3) is 0 Å². The largest absolute Gasteiger partial charge is 0.388 e. The Morgan fingerprint density at radius 2 is 1.90 bits per heavy atom. The molecule has 0 spiro atoms. The first-order valence-corrected chi connectivity index (χ1v) is 3.63. The molecule has 0 aliphatic carbocycles. The predicted molar refractivity (Wildman–Crippen MR) is 36.3 cm³/mol. The average Bonchev–Trinajstić information content (AvgIpc) is 1.82. The fraction of sp³-hybridized carbons (Fsp3) is 1.00. The molecular formula is C7H14O3. The normalized spacial score (nSPS) is 49.2. The summed E-state index contributed by atoms with van der Waals surface area (Å²) in [4.78, 5) is 0. The number of aliphatic hydroxyl groups excluding tert-OH is 2. The molecule has 0 aromatic heterocycles. The van der Waals surface area contributed by atoms with Crippen molar-refractivity contribution in [3.8, 4) is 0 Å². The molecule has 0 radical (unpaired) electrons. The van der Waals surface area contributed by atoms with Crippen molar-refractivity contribution < 1.29 is 14.9 Å². The first-order valence-electron chi connectivity index (χ1n) is 3.63. The minimum absolute atomic E-state index is 0.0633. The molecule has 0 aromatic carbocycles. The van der Waals surface area contributed by atoms with Crippen molar-refractivity contribution in [2.75, 3.05) is 0 Å². The predicted octanol–water partition coefficient (Wildman–Crippen LogP) is 0.111. The van der Waals surface area contributed by atoms with E-state index in [1.807, 2.05) is 13.8 Å². The number of aliphatic hydroxyl groups is 2. The topological polar surface area (TPSA) is 49.7 Å². The fourth-order valence-electron chi connectivity index (χ4n) is 1.32. The zero-order valence-electron chi connectivity index (χ0n) is 6.32. The number of ether oxygens (including phenoxy) is 1. The minimum atomic E-state index is -0.987. The van der Waals surface area contributed by atoms with Gasteiger partial charge in [0, 0.05) is 0 Å². The minimum Gasteiger partial charge on any atom is -0.388 e. The van der Waals surface area contributed by atoms with E-state index in [1.165, 1.54) is 0 Å². The Morgan fingerprint density at radius 1 is 1.30 bits per heavy atom. The maximum Gasteiger partial charge on any atom is 0.181 e. The second-order valence-electron chi connectivity index (χ2n) is 3.04. The van der Waals surface area contributed by atoms with Gasteiger partial charge < -0.3 is 14.9 Å². The maximum atomic E-state index is 9.19. The third-order valence-corrected chi connectivity index (χ3v) is 1.95. The summed E-state index contributed by atoms with van der Waals surface area (Å²) in [5.41, 5.74) is 0. The SMILES string of the molecule is C[C@@H]1C[C@@H](C)C(O)C(O)O1. The highest BCUT2D eigenvalue weighted by molar-refractivity contribution is 4.75. The zero-order chi connectivity index (χ0) is 7.72. The molecule has 1 aliphatic heterocycles. The summed E-state index contributed by atoms with van der Waals surface area (Å²) in [5, 5.41) is 18.2. The molecule has 1 fully saturated rings. The van der Waals surface area contributed by atoms with E-state index in [1.54, 1.807) is 0 Å². The molecular weight excluding hydrogens is 132 g/mol. The van der Waals surface area contributed by atoms with Crippen molar-refractivity contribution >= 4 is 0 Å². The zero-order valence-corrected chi connectivity index (χ0v) is 6.32. The molecule has 1 saturated heterocycles. The van der Waals surface area contributed by atoms with Gasteiger partial charge in [-0.2, -0.15) is 0 Å². The summed E-state index contributed by atoms with van der Waals surface area (Å²) < 4.78 is 4.97. The standard InChI is InChI=1S/C7H14O3/c1-4-3-5(2)10-7(9)6(4)8/h4-9H,3H2,1-2H3/t4-,5-,6?,7?/m1/s1. The van der Waals surface area contributed by atoms with Gasteiger partial charge in [-0.15, -0.1) is 0 Å². The van der Waals surface area contributed by atoms with Gasteiger partial charge in [0.15, 0.2) is 6.29 Å². The van der Waals surface area contributed by atoms with E-state index in [0.29, 0.717) is 0 Å². The van der Waals surface area contributed by atoms with E-state index < -0.39 is 12.4 Å². The molecule has 60 valence electrons. The molecule has 1 heterocycles. The fourth-order valence-corrected chi connectivity index (χ4v) is 1.32. The Balaban J connectivity index is 2.49. The molecule has 0 amide bonds.